The third kappa shape index (κ3) is 3.99. The highest BCUT2D eigenvalue weighted by Gasteiger charge is 2.24. The average Bonchev–Trinajstić information content (AvgIpc) is 2.45. The van der Waals surface area contributed by atoms with E-state index in [4.69, 9.17) is 4.74 Å². The summed E-state index contributed by atoms with van der Waals surface area (Å²) in [6, 6.07) is 0. The topological polar surface area (TPSA) is 105 Å². The standard InChI is InChI=1S/C12H20N6O3/c1-3-4-13-12-14-9(2)10(18(19)20)11(15-12)16-17-5-7-21-8-6-17/h3-8H2,1-2H3,(H2,13,14,15,16). The van der Waals surface area contributed by atoms with Crippen LogP contribution in [0.2, 0.25) is 0 Å². The molecule has 0 aromatic carbocycles. The van der Waals surface area contributed by atoms with Crippen LogP contribution in [-0.2, 0) is 4.74 Å². The highest BCUT2D eigenvalue weighted by atomic mass is 16.6. The summed E-state index contributed by atoms with van der Waals surface area (Å²) >= 11 is 0. The first-order chi connectivity index (χ1) is 10.1. The zero-order valence-electron chi connectivity index (χ0n) is 12.3. The van der Waals surface area contributed by atoms with Gasteiger partial charge in [-0.25, -0.2) is 9.99 Å². The maximum atomic E-state index is 11.2. The molecule has 1 aliphatic heterocycles. The third-order valence-electron chi connectivity index (χ3n) is 3.05. The molecule has 0 radical (unpaired) electrons. The van der Waals surface area contributed by atoms with Crippen molar-refractivity contribution >= 4 is 17.5 Å². The Balaban J connectivity index is 2.25. The number of hydrazine groups is 1. The predicted octanol–water partition coefficient (Wildman–Crippen LogP) is 1.17. The van der Waals surface area contributed by atoms with Crippen molar-refractivity contribution in [3.63, 3.8) is 0 Å². The summed E-state index contributed by atoms with van der Waals surface area (Å²) in [6.45, 7) is 6.83. The number of rotatable bonds is 6. The minimum absolute atomic E-state index is 0.0939. The van der Waals surface area contributed by atoms with E-state index in [-0.39, 0.29) is 11.5 Å². The summed E-state index contributed by atoms with van der Waals surface area (Å²) in [4.78, 5) is 19.1. The number of nitro groups is 1. The Morgan fingerprint density at radius 3 is 2.71 bits per heavy atom. The lowest BCUT2D eigenvalue weighted by Gasteiger charge is -2.27. The van der Waals surface area contributed by atoms with Crippen LogP contribution in [0.25, 0.3) is 0 Å². The van der Waals surface area contributed by atoms with Gasteiger partial charge in [-0.1, -0.05) is 6.92 Å². The lowest BCUT2D eigenvalue weighted by Crippen LogP contribution is -2.40. The fraction of sp³-hybridized carbons (Fsp3) is 0.667. The first-order valence-electron chi connectivity index (χ1n) is 6.98. The largest absolute Gasteiger partial charge is 0.379 e. The maximum Gasteiger partial charge on any atom is 0.333 e. The van der Waals surface area contributed by atoms with Crippen LogP contribution < -0.4 is 10.7 Å². The molecule has 1 aromatic heterocycles. The monoisotopic (exact) mass is 296 g/mol. The second-order valence-corrected chi connectivity index (χ2v) is 4.72. The Kier molecular flexibility index (Phi) is 5.23. The van der Waals surface area contributed by atoms with E-state index in [0.29, 0.717) is 44.5 Å². The van der Waals surface area contributed by atoms with Gasteiger partial charge in [0.05, 0.1) is 18.1 Å². The molecule has 0 aliphatic carbocycles. The average molecular weight is 296 g/mol. The fourth-order valence-electron chi connectivity index (χ4n) is 2.00. The molecule has 9 nitrogen and oxygen atoms in total. The fourth-order valence-corrected chi connectivity index (χ4v) is 2.00. The molecule has 0 atom stereocenters. The van der Waals surface area contributed by atoms with E-state index in [9.17, 15) is 10.1 Å². The van der Waals surface area contributed by atoms with Crippen molar-refractivity contribution in [3.8, 4) is 0 Å². The Labute approximate surface area is 122 Å². The van der Waals surface area contributed by atoms with Gasteiger partial charge in [-0.3, -0.25) is 15.5 Å². The Hall–Kier alpha value is -2.00. The Bertz CT molecular complexity index is 504. The van der Waals surface area contributed by atoms with Gasteiger partial charge >= 0.3 is 5.69 Å². The summed E-state index contributed by atoms with van der Waals surface area (Å²) in [5.41, 5.74) is 3.25. The molecule has 1 fully saturated rings. The quantitative estimate of drug-likeness (QED) is 0.595. The van der Waals surface area contributed by atoms with Gasteiger partial charge in [0.25, 0.3) is 0 Å². The van der Waals surface area contributed by atoms with Crippen LogP contribution in [0.1, 0.15) is 19.0 Å². The predicted molar refractivity (Wildman–Crippen MR) is 78.2 cm³/mol. The first-order valence-corrected chi connectivity index (χ1v) is 6.98. The molecule has 2 N–H and O–H groups in total. The van der Waals surface area contributed by atoms with Gasteiger partial charge in [0.1, 0.15) is 5.69 Å². The lowest BCUT2D eigenvalue weighted by atomic mass is 10.3. The van der Waals surface area contributed by atoms with Crippen molar-refractivity contribution in [3.05, 3.63) is 15.8 Å². The van der Waals surface area contributed by atoms with Gasteiger partial charge in [0.15, 0.2) is 0 Å². The number of hydrogen-bond donors (Lipinski definition) is 2. The number of ether oxygens (including phenoxy) is 1. The molecule has 0 bridgehead atoms. The summed E-state index contributed by atoms with van der Waals surface area (Å²) in [5, 5.41) is 16.1. The number of nitrogens with one attached hydrogen (secondary N) is 2. The van der Waals surface area contributed by atoms with Crippen LogP contribution in [0, 0.1) is 17.0 Å². The Morgan fingerprint density at radius 1 is 1.38 bits per heavy atom. The molecule has 116 valence electrons. The van der Waals surface area contributed by atoms with Crippen LogP contribution in [-0.4, -0.2) is 52.7 Å². The minimum Gasteiger partial charge on any atom is -0.379 e. The smallest absolute Gasteiger partial charge is 0.333 e. The summed E-state index contributed by atoms with van der Waals surface area (Å²) in [5.74, 6) is 0.615. The molecule has 21 heavy (non-hydrogen) atoms. The van der Waals surface area contributed by atoms with Gasteiger partial charge in [0.2, 0.25) is 11.8 Å². The van der Waals surface area contributed by atoms with Crippen LogP contribution in [0.3, 0.4) is 0 Å². The molecule has 0 spiro atoms. The first kappa shape index (κ1) is 15.4. The van der Waals surface area contributed by atoms with Crippen molar-refractivity contribution in [2.24, 2.45) is 0 Å². The molecule has 1 aromatic rings. The maximum absolute atomic E-state index is 11.2. The number of morpholine rings is 1. The van der Waals surface area contributed by atoms with Crippen molar-refractivity contribution in [1.82, 2.24) is 15.0 Å². The van der Waals surface area contributed by atoms with Crippen LogP contribution >= 0.6 is 0 Å². The van der Waals surface area contributed by atoms with E-state index >= 15 is 0 Å². The Morgan fingerprint density at radius 2 is 2.10 bits per heavy atom. The molecule has 0 saturated carbocycles. The molecular weight excluding hydrogens is 276 g/mol. The van der Waals surface area contributed by atoms with Crippen molar-refractivity contribution in [2.45, 2.75) is 20.3 Å². The zero-order valence-corrected chi connectivity index (χ0v) is 12.3. The van der Waals surface area contributed by atoms with E-state index in [1.165, 1.54) is 0 Å². The van der Waals surface area contributed by atoms with Crippen LogP contribution in [0.15, 0.2) is 0 Å². The van der Waals surface area contributed by atoms with E-state index in [2.05, 4.69) is 20.7 Å². The zero-order chi connectivity index (χ0) is 15.2. The molecule has 2 rings (SSSR count). The second kappa shape index (κ2) is 7.14. The van der Waals surface area contributed by atoms with E-state index in [1.807, 2.05) is 11.9 Å². The van der Waals surface area contributed by atoms with Crippen LogP contribution in [0.5, 0.6) is 0 Å². The number of aromatic nitrogens is 2. The number of anilines is 2. The number of nitrogens with zero attached hydrogens (tertiary/aromatic N) is 4. The molecule has 9 heteroatoms. The van der Waals surface area contributed by atoms with Crippen LogP contribution in [0.4, 0.5) is 17.5 Å². The summed E-state index contributed by atoms with van der Waals surface area (Å²) < 4.78 is 5.26. The van der Waals surface area contributed by atoms with E-state index in [1.54, 1.807) is 6.92 Å². The lowest BCUT2D eigenvalue weighted by molar-refractivity contribution is -0.385. The van der Waals surface area contributed by atoms with Gasteiger partial charge in [-0.05, 0) is 13.3 Å². The van der Waals surface area contributed by atoms with Gasteiger partial charge < -0.3 is 10.1 Å². The van der Waals surface area contributed by atoms with Crippen molar-refractivity contribution < 1.29 is 9.66 Å². The van der Waals surface area contributed by atoms with Crippen molar-refractivity contribution in [2.75, 3.05) is 43.6 Å². The van der Waals surface area contributed by atoms with Gasteiger partial charge in [0, 0.05) is 19.6 Å². The van der Waals surface area contributed by atoms with Crippen molar-refractivity contribution in [1.29, 1.82) is 0 Å². The van der Waals surface area contributed by atoms with Gasteiger partial charge in [-0.15, -0.1) is 0 Å². The SMILES string of the molecule is CCCNc1nc(C)c([N+](=O)[O-])c(NN2CCOCC2)n1. The summed E-state index contributed by atoms with van der Waals surface area (Å²) in [7, 11) is 0. The highest BCUT2D eigenvalue weighted by molar-refractivity contribution is 5.60. The molecule has 1 aliphatic rings. The van der Waals surface area contributed by atoms with Gasteiger partial charge in [-0.2, -0.15) is 4.98 Å². The number of hydrogen-bond acceptors (Lipinski definition) is 8. The molecule has 1 saturated heterocycles. The highest BCUT2D eigenvalue weighted by Crippen LogP contribution is 2.27. The van der Waals surface area contributed by atoms with E-state index < -0.39 is 4.92 Å². The molecule has 0 amide bonds. The minimum atomic E-state index is -0.457. The second-order valence-electron chi connectivity index (χ2n) is 4.72. The molecule has 0 unspecified atom stereocenters. The molecule has 2 heterocycles. The third-order valence-corrected chi connectivity index (χ3v) is 3.05. The normalized spacial score (nSPS) is 15.7. The molecular formula is C12H20N6O3. The summed E-state index contributed by atoms with van der Waals surface area (Å²) in [6.07, 6.45) is 0.922. The number of aryl methyl sites for hydroxylation is 1. The van der Waals surface area contributed by atoms with E-state index in [0.717, 1.165) is 6.42 Å².